The van der Waals surface area contributed by atoms with Gasteiger partial charge in [-0.2, -0.15) is 0 Å². The van der Waals surface area contributed by atoms with Crippen molar-refractivity contribution in [3.05, 3.63) is 41.9 Å². The van der Waals surface area contributed by atoms with E-state index in [1.165, 1.54) is 6.33 Å². The number of carbonyl (C=O) groups excluding carboxylic acids is 1. The molecule has 7 heteroatoms. The zero-order valence-electron chi connectivity index (χ0n) is 14.8. The maximum atomic E-state index is 11.7. The Bertz CT molecular complexity index is 735. The summed E-state index contributed by atoms with van der Waals surface area (Å²) in [6, 6.07) is 3.84. The molecule has 1 N–H and O–H groups in total. The zero-order valence-corrected chi connectivity index (χ0v) is 14.8. The molecule has 132 valence electrons. The Kier molecular flexibility index (Phi) is 5.53. The topological polar surface area (TPSA) is 83.9 Å². The van der Waals surface area contributed by atoms with Crippen molar-refractivity contribution in [2.75, 3.05) is 25.0 Å². The van der Waals surface area contributed by atoms with Crippen molar-refractivity contribution in [3.8, 4) is 0 Å². The lowest BCUT2D eigenvalue weighted by atomic mass is 9.95. The molecule has 0 bridgehead atoms. The number of amides is 1. The maximum absolute atomic E-state index is 11.7. The molecule has 1 atom stereocenters. The first kappa shape index (κ1) is 17.3. The molecule has 3 rings (SSSR count). The molecule has 7 nitrogen and oxygen atoms in total. The van der Waals surface area contributed by atoms with E-state index >= 15 is 0 Å². The van der Waals surface area contributed by atoms with Crippen molar-refractivity contribution in [1.82, 2.24) is 25.3 Å². The first-order chi connectivity index (χ1) is 12.2. The van der Waals surface area contributed by atoms with E-state index in [0.717, 1.165) is 56.0 Å². The highest BCUT2D eigenvalue weighted by Crippen LogP contribution is 2.24. The van der Waals surface area contributed by atoms with Crippen LogP contribution >= 0.6 is 0 Å². The second-order valence-corrected chi connectivity index (χ2v) is 6.48. The molecule has 2 aromatic heterocycles. The summed E-state index contributed by atoms with van der Waals surface area (Å²) in [5, 5.41) is 2.60. The van der Waals surface area contributed by atoms with Crippen LogP contribution in [0.1, 0.15) is 41.1 Å². The zero-order chi connectivity index (χ0) is 17.6. The van der Waals surface area contributed by atoms with Gasteiger partial charge < -0.3 is 10.2 Å². The Morgan fingerprint density at radius 2 is 2.00 bits per heavy atom. The van der Waals surface area contributed by atoms with Crippen molar-refractivity contribution >= 4 is 11.7 Å². The molecular weight excluding hydrogens is 316 g/mol. The lowest BCUT2D eigenvalue weighted by Crippen LogP contribution is -2.25. The minimum atomic E-state index is -0.171. The Labute approximate surface area is 147 Å². The minimum absolute atomic E-state index is 0.171. The van der Waals surface area contributed by atoms with Gasteiger partial charge in [-0.05, 0) is 44.6 Å². The number of hydrogen-bond donors (Lipinski definition) is 1. The van der Waals surface area contributed by atoms with E-state index in [2.05, 4.69) is 30.2 Å². The van der Waals surface area contributed by atoms with Gasteiger partial charge >= 0.3 is 0 Å². The second kappa shape index (κ2) is 8.00. The minimum Gasteiger partial charge on any atom is -0.357 e. The van der Waals surface area contributed by atoms with Crippen molar-refractivity contribution in [2.45, 2.75) is 32.6 Å². The summed E-state index contributed by atoms with van der Waals surface area (Å²) in [6.45, 7) is 3.99. The third kappa shape index (κ3) is 4.49. The second-order valence-electron chi connectivity index (χ2n) is 6.48. The Morgan fingerprint density at radius 1 is 1.16 bits per heavy atom. The molecular formula is C18H24N6O. The van der Waals surface area contributed by atoms with Crippen LogP contribution in [0.25, 0.3) is 0 Å². The molecule has 1 saturated heterocycles. The first-order valence-corrected chi connectivity index (χ1v) is 8.72. The molecule has 0 spiro atoms. The van der Waals surface area contributed by atoms with E-state index in [-0.39, 0.29) is 5.91 Å². The SMILES string of the molecule is CNC(=O)c1cc(C[C@H]2CCCN(c3cc(C)ncn3)CC2)ncn1. The van der Waals surface area contributed by atoms with E-state index in [9.17, 15) is 4.79 Å². The van der Waals surface area contributed by atoms with Gasteiger partial charge in [0, 0.05) is 37.6 Å². The molecule has 1 aliphatic heterocycles. The summed E-state index contributed by atoms with van der Waals surface area (Å²) < 4.78 is 0. The van der Waals surface area contributed by atoms with Crippen LogP contribution in [0.15, 0.2) is 24.8 Å². The third-order valence-corrected chi connectivity index (χ3v) is 4.64. The average molecular weight is 340 g/mol. The van der Waals surface area contributed by atoms with Crippen LogP contribution in [0.4, 0.5) is 5.82 Å². The number of rotatable bonds is 4. The molecule has 1 fully saturated rings. The average Bonchev–Trinajstić information content (AvgIpc) is 2.87. The van der Waals surface area contributed by atoms with E-state index in [1.807, 2.05) is 13.0 Å². The predicted molar refractivity (Wildman–Crippen MR) is 95.4 cm³/mol. The molecule has 1 amide bonds. The van der Waals surface area contributed by atoms with Gasteiger partial charge in [0.05, 0.1) is 0 Å². The Hall–Kier alpha value is -2.57. The number of aryl methyl sites for hydroxylation is 1. The highest BCUT2D eigenvalue weighted by molar-refractivity contribution is 5.91. The van der Waals surface area contributed by atoms with Gasteiger partial charge in [0.15, 0.2) is 0 Å². The first-order valence-electron chi connectivity index (χ1n) is 8.72. The summed E-state index contributed by atoms with van der Waals surface area (Å²) >= 11 is 0. The van der Waals surface area contributed by atoms with Gasteiger partial charge in [0.1, 0.15) is 24.2 Å². The molecule has 0 aliphatic carbocycles. The fourth-order valence-electron chi connectivity index (χ4n) is 3.27. The van der Waals surface area contributed by atoms with Crippen LogP contribution in [-0.2, 0) is 6.42 Å². The van der Waals surface area contributed by atoms with Gasteiger partial charge in [-0.25, -0.2) is 19.9 Å². The monoisotopic (exact) mass is 340 g/mol. The molecule has 1 aliphatic rings. The Balaban J connectivity index is 1.63. The molecule has 0 unspecified atom stereocenters. The number of hydrogen-bond acceptors (Lipinski definition) is 6. The number of aromatic nitrogens is 4. The summed E-state index contributed by atoms with van der Waals surface area (Å²) in [4.78, 5) is 31.0. The molecule has 3 heterocycles. The van der Waals surface area contributed by atoms with Gasteiger partial charge in [-0.1, -0.05) is 0 Å². The van der Waals surface area contributed by atoms with Crippen LogP contribution in [0, 0.1) is 12.8 Å². The fraction of sp³-hybridized carbons (Fsp3) is 0.500. The largest absolute Gasteiger partial charge is 0.357 e. The van der Waals surface area contributed by atoms with E-state index in [1.54, 1.807) is 19.4 Å². The normalized spacial score (nSPS) is 17.8. The lowest BCUT2D eigenvalue weighted by molar-refractivity contribution is 0.0958. The van der Waals surface area contributed by atoms with E-state index in [4.69, 9.17) is 0 Å². The standard InChI is InChI=1S/C18H24N6O/c1-13-8-17(23-11-20-13)24-6-3-4-14(5-7-24)9-15-10-16(18(25)19-2)22-12-21-15/h8,10-12,14H,3-7,9H2,1-2H3,(H,19,25)/t14-/m0/s1. The van der Waals surface area contributed by atoms with E-state index < -0.39 is 0 Å². The van der Waals surface area contributed by atoms with Crippen LogP contribution in [0.2, 0.25) is 0 Å². The Morgan fingerprint density at radius 3 is 2.80 bits per heavy atom. The fourth-order valence-corrected chi connectivity index (χ4v) is 3.27. The molecule has 0 radical (unpaired) electrons. The summed E-state index contributed by atoms with van der Waals surface area (Å²) in [5.74, 6) is 1.40. The summed E-state index contributed by atoms with van der Waals surface area (Å²) in [7, 11) is 1.61. The summed E-state index contributed by atoms with van der Waals surface area (Å²) in [6.07, 6.45) is 7.35. The molecule has 0 aromatic carbocycles. The highest BCUT2D eigenvalue weighted by atomic mass is 16.1. The number of carbonyl (C=O) groups is 1. The quantitative estimate of drug-likeness (QED) is 0.913. The molecule has 0 saturated carbocycles. The van der Waals surface area contributed by atoms with Crippen LogP contribution < -0.4 is 10.2 Å². The van der Waals surface area contributed by atoms with Crippen molar-refractivity contribution in [2.24, 2.45) is 5.92 Å². The number of nitrogens with zero attached hydrogens (tertiary/aromatic N) is 5. The van der Waals surface area contributed by atoms with Crippen molar-refractivity contribution in [3.63, 3.8) is 0 Å². The van der Waals surface area contributed by atoms with Crippen LogP contribution in [0.5, 0.6) is 0 Å². The van der Waals surface area contributed by atoms with Crippen molar-refractivity contribution in [1.29, 1.82) is 0 Å². The molecule has 25 heavy (non-hydrogen) atoms. The predicted octanol–water partition coefficient (Wildman–Crippen LogP) is 1.78. The van der Waals surface area contributed by atoms with Crippen LogP contribution in [0.3, 0.4) is 0 Å². The lowest BCUT2D eigenvalue weighted by Gasteiger charge is -2.21. The van der Waals surface area contributed by atoms with Crippen LogP contribution in [-0.4, -0.2) is 46.0 Å². The van der Waals surface area contributed by atoms with Crippen molar-refractivity contribution < 1.29 is 4.79 Å². The summed E-state index contributed by atoms with van der Waals surface area (Å²) in [5.41, 5.74) is 2.36. The van der Waals surface area contributed by atoms with Gasteiger partial charge in [-0.15, -0.1) is 0 Å². The van der Waals surface area contributed by atoms with Gasteiger partial charge in [-0.3, -0.25) is 4.79 Å². The maximum Gasteiger partial charge on any atom is 0.269 e. The van der Waals surface area contributed by atoms with E-state index in [0.29, 0.717) is 11.6 Å². The highest BCUT2D eigenvalue weighted by Gasteiger charge is 2.19. The number of nitrogens with one attached hydrogen (secondary N) is 1. The smallest absolute Gasteiger partial charge is 0.269 e. The van der Waals surface area contributed by atoms with Gasteiger partial charge in [0.2, 0.25) is 0 Å². The third-order valence-electron chi connectivity index (χ3n) is 4.64. The number of anilines is 1. The van der Waals surface area contributed by atoms with Gasteiger partial charge in [0.25, 0.3) is 5.91 Å². The molecule has 2 aromatic rings.